The molecular formula is C28H28ClF4NO3S2. The van der Waals surface area contributed by atoms with Gasteiger partial charge in [-0.15, -0.1) is 23.1 Å². The maximum atomic E-state index is 14.2. The monoisotopic (exact) mass is 601 g/mol. The zero-order chi connectivity index (χ0) is 29.2. The Morgan fingerprint density at radius 2 is 1.79 bits per heavy atom. The molecule has 3 aromatic rings. The van der Waals surface area contributed by atoms with Gasteiger partial charge in [-0.05, 0) is 62.8 Å². The molecule has 0 aliphatic rings. The molecule has 1 heterocycles. The third-order valence-corrected chi connectivity index (χ3v) is 7.40. The summed E-state index contributed by atoms with van der Waals surface area (Å²) in [5.74, 6) is -0.142. The van der Waals surface area contributed by atoms with E-state index in [0.29, 0.717) is 26.9 Å². The van der Waals surface area contributed by atoms with Crippen LogP contribution in [0, 0.1) is 5.82 Å². The van der Waals surface area contributed by atoms with Gasteiger partial charge in [-0.3, -0.25) is 0 Å². The van der Waals surface area contributed by atoms with Crippen LogP contribution in [-0.4, -0.2) is 21.8 Å². The van der Waals surface area contributed by atoms with E-state index in [0.717, 1.165) is 22.6 Å². The maximum Gasteiger partial charge on any atom is 0.416 e. The summed E-state index contributed by atoms with van der Waals surface area (Å²) in [6.07, 6.45) is -1.20. The Morgan fingerprint density at radius 1 is 1.15 bits per heavy atom. The van der Waals surface area contributed by atoms with Gasteiger partial charge in [0, 0.05) is 27.7 Å². The second-order valence-corrected chi connectivity index (χ2v) is 10.7. The second kappa shape index (κ2) is 15.1. The van der Waals surface area contributed by atoms with Gasteiger partial charge < -0.3 is 14.9 Å². The number of rotatable bonds is 9. The van der Waals surface area contributed by atoms with E-state index >= 15 is 0 Å². The fraction of sp³-hybridized carbons (Fsp3) is 0.250. The van der Waals surface area contributed by atoms with Gasteiger partial charge in [-0.2, -0.15) is 13.2 Å². The smallest absolute Gasteiger partial charge is 0.416 e. The Labute approximate surface area is 238 Å². The van der Waals surface area contributed by atoms with E-state index in [-0.39, 0.29) is 29.7 Å². The van der Waals surface area contributed by atoms with Crippen LogP contribution in [-0.2, 0) is 18.5 Å². The standard InChI is InChI=1S/C26H22ClF4NO2S2.C2H6O/c1-15(2)22(33)12-7-16(3)35-14-23-21(13-34-24-19(27)5-4-6-20(24)28)32-25(36-23)17-8-10-18(11-9-17)26(29,30)31;1-2-3/h4-12,33H,3,13-14H2,1-2H3;3H,2H2,1H3/b12-7-;. The first-order chi connectivity index (χ1) is 18.4. The summed E-state index contributed by atoms with van der Waals surface area (Å²) in [4.78, 5) is 6.02. The van der Waals surface area contributed by atoms with Gasteiger partial charge in [0.05, 0.1) is 16.3 Å². The number of alkyl halides is 3. The Kier molecular flexibility index (Phi) is 12.6. The minimum absolute atomic E-state index is 0.0887. The minimum atomic E-state index is -4.44. The van der Waals surface area contributed by atoms with Crippen molar-refractivity contribution in [1.29, 1.82) is 0 Å². The number of aliphatic hydroxyl groups excluding tert-OH is 2. The molecule has 0 amide bonds. The highest BCUT2D eigenvalue weighted by atomic mass is 35.5. The summed E-state index contributed by atoms with van der Waals surface area (Å²) in [5.41, 5.74) is 1.03. The number of allylic oxidation sites excluding steroid dienone is 3. The van der Waals surface area contributed by atoms with Gasteiger partial charge in [-0.25, -0.2) is 9.37 Å². The average molecular weight is 602 g/mol. The maximum absolute atomic E-state index is 14.2. The molecule has 39 heavy (non-hydrogen) atoms. The quantitative estimate of drug-likeness (QED) is 0.145. The summed E-state index contributed by atoms with van der Waals surface area (Å²) < 4.78 is 58.6. The van der Waals surface area contributed by atoms with Gasteiger partial charge >= 0.3 is 6.18 Å². The normalized spacial score (nSPS) is 11.2. The van der Waals surface area contributed by atoms with E-state index in [1.165, 1.54) is 53.4 Å². The van der Waals surface area contributed by atoms with E-state index in [1.54, 1.807) is 32.9 Å². The fourth-order valence-corrected chi connectivity index (χ4v) is 4.98. The van der Waals surface area contributed by atoms with Crippen molar-refractivity contribution >= 4 is 34.7 Å². The molecule has 2 N–H and O–H groups in total. The summed E-state index contributed by atoms with van der Waals surface area (Å²) in [6.45, 7) is 9.37. The number of hydrogen-bond donors (Lipinski definition) is 2. The Hall–Kier alpha value is -2.79. The van der Waals surface area contributed by atoms with E-state index in [2.05, 4.69) is 11.6 Å². The van der Waals surface area contributed by atoms with Crippen LogP contribution in [0.5, 0.6) is 5.75 Å². The number of thiazole rings is 1. The van der Waals surface area contributed by atoms with Crippen LogP contribution in [0.3, 0.4) is 0 Å². The van der Waals surface area contributed by atoms with Crippen molar-refractivity contribution in [1.82, 2.24) is 4.98 Å². The van der Waals surface area contributed by atoms with Gasteiger partial charge in [0.2, 0.25) is 0 Å². The number of hydrogen-bond acceptors (Lipinski definition) is 6. The highest BCUT2D eigenvalue weighted by Gasteiger charge is 2.30. The molecule has 210 valence electrons. The Balaban J connectivity index is 0.00000170. The van der Waals surface area contributed by atoms with Gasteiger partial charge in [0.25, 0.3) is 0 Å². The molecule has 4 nitrogen and oxygen atoms in total. The van der Waals surface area contributed by atoms with Crippen molar-refractivity contribution in [2.45, 2.75) is 39.3 Å². The number of para-hydroxylation sites is 1. The molecule has 0 saturated carbocycles. The molecule has 0 bridgehead atoms. The molecule has 0 spiro atoms. The third-order valence-electron chi connectivity index (χ3n) is 4.84. The lowest BCUT2D eigenvalue weighted by molar-refractivity contribution is -0.137. The van der Waals surface area contributed by atoms with Crippen LogP contribution in [0.4, 0.5) is 17.6 Å². The van der Waals surface area contributed by atoms with Crippen molar-refractivity contribution in [3.8, 4) is 16.3 Å². The molecule has 0 atom stereocenters. The summed E-state index contributed by atoms with van der Waals surface area (Å²) in [7, 11) is 0. The SMILES string of the molecule is C=C(/C=C\C(O)=C(C)C)SCc1sc(-c2ccc(C(F)(F)F)cc2)nc1COc1c(F)cccc1Cl.CCO. The van der Waals surface area contributed by atoms with Crippen molar-refractivity contribution in [3.05, 3.63) is 104 Å². The molecule has 0 radical (unpaired) electrons. The minimum Gasteiger partial charge on any atom is -0.508 e. The van der Waals surface area contributed by atoms with Crippen LogP contribution in [0.2, 0.25) is 5.02 Å². The van der Waals surface area contributed by atoms with Crippen molar-refractivity contribution in [3.63, 3.8) is 0 Å². The lowest BCUT2D eigenvalue weighted by Gasteiger charge is -2.09. The van der Waals surface area contributed by atoms with Crippen molar-refractivity contribution in [2.75, 3.05) is 6.61 Å². The predicted molar refractivity (Wildman–Crippen MR) is 152 cm³/mol. The van der Waals surface area contributed by atoms with Crippen molar-refractivity contribution in [2.24, 2.45) is 0 Å². The predicted octanol–water partition coefficient (Wildman–Crippen LogP) is 9.35. The highest BCUT2D eigenvalue weighted by molar-refractivity contribution is 8.02. The first-order valence-electron chi connectivity index (χ1n) is 11.6. The lowest BCUT2D eigenvalue weighted by Crippen LogP contribution is -2.04. The largest absolute Gasteiger partial charge is 0.508 e. The number of nitrogens with zero attached hydrogens (tertiary/aromatic N) is 1. The molecule has 1 aromatic heterocycles. The number of ether oxygens (including phenoxy) is 1. The first-order valence-corrected chi connectivity index (χ1v) is 13.7. The van der Waals surface area contributed by atoms with Crippen LogP contribution < -0.4 is 4.74 Å². The Morgan fingerprint density at radius 3 is 2.36 bits per heavy atom. The van der Waals surface area contributed by atoms with Gasteiger partial charge in [0.1, 0.15) is 17.4 Å². The molecular weight excluding hydrogens is 574 g/mol. The van der Waals surface area contributed by atoms with Crippen molar-refractivity contribution < 1.29 is 32.5 Å². The number of benzene rings is 2. The second-order valence-electron chi connectivity index (χ2n) is 8.09. The molecule has 0 saturated heterocycles. The van der Waals surface area contributed by atoms with E-state index in [9.17, 15) is 22.7 Å². The van der Waals surface area contributed by atoms with Gasteiger partial charge in [-0.1, -0.05) is 36.4 Å². The lowest BCUT2D eigenvalue weighted by atomic mass is 10.1. The molecule has 2 aromatic carbocycles. The average Bonchev–Trinajstić information content (AvgIpc) is 3.28. The van der Waals surface area contributed by atoms with Crippen LogP contribution in [0.1, 0.15) is 36.9 Å². The number of aromatic nitrogens is 1. The fourth-order valence-electron chi connectivity index (χ4n) is 2.84. The molecule has 0 unspecified atom stereocenters. The summed E-state index contributed by atoms with van der Waals surface area (Å²) in [6, 6.07) is 8.92. The molecule has 0 fully saturated rings. The van der Waals surface area contributed by atoms with E-state index in [1.807, 2.05) is 0 Å². The summed E-state index contributed by atoms with van der Waals surface area (Å²) >= 11 is 8.74. The zero-order valence-corrected chi connectivity index (χ0v) is 23.9. The molecule has 11 heteroatoms. The summed E-state index contributed by atoms with van der Waals surface area (Å²) in [5, 5.41) is 18.0. The van der Waals surface area contributed by atoms with Gasteiger partial charge in [0.15, 0.2) is 11.6 Å². The van der Waals surface area contributed by atoms with E-state index in [4.69, 9.17) is 21.4 Å². The highest BCUT2D eigenvalue weighted by Crippen LogP contribution is 2.36. The number of aliphatic hydroxyl groups is 2. The zero-order valence-electron chi connectivity index (χ0n) is 21.5. The number of halogens is 5. The van der Waals surface area contributed by atoms with Crippen LogP contribution in [0.15, 0.2) is 77.4 Å². The number of thioether (sulfide) groups is 1. The topological polar surface area (TPSA) is 62.6 Å². The molecule has 0 aliphatic carbocycles. The van der Waals surface area contributed by atoms with Crippen LogP contribution >= 0.6 is 34.7 Å². The molecule has 0 aliphatic heterocycles. The van der Waals surface area contributed by atoms with E-state index < -0.39 is 17.6 Å². The Bertz CT molecular complexity index is 1300. The molecule has 3 rings (SSSR count). The van der Waals surface area contributed by atoms with Crippen LogP contribution in [0.25, 0.3) is 10.6 Å². The first kappa shape index (κ1) is 32.4. The third kappa shape index (κ3) is 10.0.